The van der Waals surface area contributed by atoms with Crippen LogP contribution in [-0.4, -0.2) is 35.6 Å². The molecular formula is C35H65NO5. The van der Waals surface area contributed by atoms with Crippen molar-refractivity contribution < 1.29 is 24.2 Å². The van der Waals surface area contributed by atoms with Crippen LogP contribution < -0.4 is 5.32 Å². The topological polar surface area (TPSA) is 92.7 Å². The summed E-state index contributed by atoms with van der Waals surface area (Å²) in [5.74, 6) is -1.26. The fourth-order valence-corrected chi connectivity index (χ4v) is 5.07. The molecule has 0 radical (unpaired) electrons. The van der Waals surface area contributed by atoms with Gasteiger partial charge in [-0.1, -0.05) is 135 Å². The van der Waals surface area contributed by atoms with Crippen molar-refractivity contribution in [3.05, 3.63) is 12.2 Å². The van der Waals surface area contributed by atoms with Gasteiger partial charge in [0.05, 0.1) is 0 Å². The third-order valence-corrected chi connectivity index (χ3v) is 7.67. The second kappa shape index (κ2) is 31.1. The SMILES string of the molecule is CCCCCCCC/C=C\C(CCCCCCCCC(=O)NCC(=O)O)OC(=O)CCCCCCCCCCCC. The molecular weight excluding hydrogens is 514 g/mol. The average molecular weight is 580 g/mol. The Bertz CT molecular complexity index is 648. The van der Waals surface area contributed by atoms with Crippen molar-refractivity contribution in [2.24, 2.45) is 0 Å². The quantitative estimate of drug-likeness (QED) is 0.0484. The van der Waals surface area contributed by atoms with E-state index in [0.717, 1.165) is 64.2 Å². The van der Waals surface area contributed by atoms with E-state index in [4.69, 9.17) is 9.84 Å². The number of rotatable bonds is 31. The molecule has 0 saturated carbocycles. The first-order chi connectivity index (χ1) is 20.0. The Kier molecular flexibility index (Phi) is 29.7. The monoisotopic (exact) mass is 579 g/mol. The molecule has 0 aliphatic carbocycles. The molecule has 0 saturated heterocycles. The lowest BCUT2D eigenvalue weighted by atomic mass is 10.0. The zero-order valence-corrected chi connectivity index (χ0v) is 26.9. The van der Waals surface area contributed by atoms with Crippen molar-refractivity contribution in [1.82, 2.24) is 5.32 Å². The van der Waals surface area contributed by atoms with Gasteiger partial charge in [-0.05, 0) is 44.6 Å². The second-order valence-electron chi connectivity index (χ2n) is 11.8. The predicted molar refractivity (Wildman–Crippen MR) is 171 cm³/mol. The summed E-state index contributed by atoms with van der Waals surface area (Å²) in [4.78, 5) is 34.6. The summed E-state index contributed by atoms with van der Waals surface area (Å²) < 4.78 is 5.89. The molecule has 0 fully saturated rings. The molecule has 1 atom stereocenters. The number of ether oxygens (including phenoxy) is 1. The molecule has 0 rings (SSSR count). The summed E-state index contributed by atoms with van der Waals surface area (Å²) >= 11 is 0. The van der Waals surface area contributed by atoms with Crippen LogP contribution in [0.1, 0.15) is 181 Å². The van der Waals surface area contributed by atoms with Gasteiger partial charge in [-0.2, -0.15) is 0 Å². The number of hydrogen-bond donors (Lipinski definition) is 2. The molecule has 6 heteroatoms. The van der Waals surface area contributed by atoms with Gasteiger partial charge in [0.15, 0.2) is 0 Å². The number of unbranched alkanes of at least 4 members (excludes halogenated alkanes) is 20. The minimum atomic E-state index is -1.02. The third-order valence-electron chi connectivity index (χ3n) is 7.67. The van der Waals surface area contributed by atoms with Crippen molar-refractivity contribution in [1.29, 1.82) is 0 Å². The number of carboxylic acids is 1. The fraction of sp³-hybridized carbons (Fsp3) is 0.857. The highest BCUT2D eigenvalue weighted by molar-refractivity contribution is 5.80. The molecule has 6 nitrogen and oxygen atoms in total. The zero-order valence-electron chi connectivity index (χ0n) is 26.9. The molecule has 0 aliphatic heterocycles. The molecule has 0 spiro atoms. The van der Waals surface area contributed by atoms with Gasteiger partial charge in [0, 0.05) is 12.8 Å². The molecule has 41 heavy (non-hydrogen) atoms. The maximum atomic E-state index is 12.5. The fourth-order valence-electron chi connectivity index (χ4n) is 5.07. The van der Waals surface area contributed by atoms with E-state index in [1.807, 2.05) is 0 Å². The van der Waals surface area contributed by atoms with Crippen molar-refractivity contribution in [3.8, 4) is 0 Å². The number of esters is 1. The molecule has 1 unspecified atom stereocenters. The molecule has 0 aromatic heterocycles. The molecule has 240 valence electrons. The van der Waals surface area contributed by atoms with Gasteiger partial charge in [0.1, 0.15) is 12.6 Å². The Balaban J connectivity index is 4.17. The van der Waals surface area contributed by atoms with Gasteiger partial charge in [-0.3, -0.25) is 14.4 Å². The van der Waals surface area contributed by atoms with Gasteiger partial charge < -0.3 is 15.2 Å². The maximum absolute atomic E-state index is 12.5. The number of carbonyl (C=O) groups is 3. The normalized spacial score (nSPS) is 12.0. The Morgan fingerprint density at radius 2 is 1.10 bits per heavy atom. The smallest absolute Gasteiger partial charge is 0.322 e. The van der Waals surface area contributed by atoms with Crippen LogP contribution in [0.15, 0.2) is 12.2 Å². The van der Waals surface area contributed by atoms with E-state index in [0.29, 0.717) is 12.8 Å². The summed E-state index contributed by atoms with van der Waals surface area (Å²) in [5, 5.41) is 11.0. The highest BCUT2D eigenvalue weighted by Gasteiger charge is 2.11. The lowest BCUT2D eigenvalue weighted by Crippen LogP contribution is -2.28. The number of carbonyl (C=O) groups excluding carboxylic acids is 2. The van der Waals surface area contributed by atoms with Gasteiger partial charge in [0.25, 0.3) is 0 Å². The molecule has 2 N–H and O–H groups in total. The third kappa shape index (κ3) is 30.9. The molecule has 0 heterocycles. The van der Waals surface area contributed by atoms with E-state index in [2.05, 4.69) is 31.3 Å². The Labute approximate surface area is 252 Å². The summed E-state index contributed by atoms with van der Waals surface area (Å²) in [6.07, 6.45) is 33.4. The minimum absolute atomic E-state index is 0.0556. The van der Waals surface area contributed by atoms with Gasteiger partial charge in [-0.15, -0.1) is 0 Å². The van der Waals surface area contributed by atoms with Gasteiger partial charge in [0.2, 0.25) is 5.91 Å². The van der Waals surface area contributed by atoms with Gasteiger partial charge >= 0.3 is 11.9 Å². The number of allylic oxidation sites excluding steroid dienone is 1. The first-order valence-electron chi connectivity index (χ1n) is 17.3. The lowest BCUT2D eigenvalue weighted by Gasteiger charge is -2.15. The van der Waals surface area contributed by atoms with E-state index >= 15 is 0 Å². The van der Waals surface area contributed by atoms with Crippen molar-refractivity contribution in [2.45, 2.75) is 187 Å². The summed E-state index contributed by atoms with van der Waals surface area (Å²) in [6, 6.07) is 0. The van der Waals surface area contributed by atoms with Crippen LogP contribution in [-0.2, 0) is 19.1 Å². The average Bonchev–Trinajstić information content (AvgIpc) is 2.95. The van der Waals surface area contributed by atoms with Crippen molar-refractivity contribution >= 4 is 17.8 Å². The van der Waals surface area contributed by atoms with Crippen LogP contribution in [0, 0.1) is 0 Å². The maximum Gasteiger partial charge on any atom is 0.322 e. The Morgan fingerprint density at radius 3 is 1.63 bits per heavy atom. The van der Waals surface area contributed by atoms with E-state index in [9.17, 15) is 14.4 Å². The number of aliphatic carboxylic acids is 1. The van der Waals surface area contributed by atoms with Gasteiger partial charge in [-0.25, -0.2) is 0 Å². The summed E-state index contributed by atoms with van der Waals surface area (Å²) in [5.41, 5.74) is 0. The standard InChI is InChI=1S/C35H65NO5/c1-3-5-7-9-11-13-14-16-22-26-30-35(40)41-32(27-23-19-15-12-10-8-6-4-2)28-24-20-17-18-21-25-29-33(37)36-31-34(38)39/h23,27,32H,3-22,24-26,28-31H2,1-2H3,(H,36,37)(H,38,39)/b27-23-. The van der Waals surface area contributed by atoms with Crippen LogP contribution in [0.2, 0.25) is 0 Å². The lowest BCUT2D eigenvalue weighted by molar-refractivity contribution is -0.147. The molecule has 0 aromatic rings. The van der Waals surface area contributed by atoms with E-state index in [1.54, 1.807) is 0 Å². The number of amides is 1. The summed E-state index contributed by atoms with van der Waals surface area (Å²) in [7, 11) is 0. The van der Waals surface area contributed by atoms with E-state index < -0.39 is 5.97 Å². The number of nitrogens with one attached hydrogen (secondary N) is 1. The van der Waals surface area contributed by atoms with Crippen LogP contribution >= 0.6 is 0 Å². The first kappa shape index (κ1) is 39.1. The van der Waals surface area contributed by atoms with Crippen LogP contribution in [0.25, 0.3) is 0 Å². The molecule has 0 aliphatic rings. The largest absolute Gasteiger partial charge is 0.480 e. The van der Waals surface area contributed by atoms with Crippen LogP contribution in [0.5, 0.6) is 0 Å². The molecule has 1 amide bonds. The van der Waals surface area contributed by atoms with E-state index in [-0.39, 0.29) is 24.5 Å². The van der Waals surface area contributed by atoms with E-state index in [1.165, 1.54) is 89.9 Å². The van der Waals surface area contributed by atoms with Crippen molar-refractivity contribution in [2.75, 3.05) is 6.54 Å². The predicted octanol–water partition coefficient (Wildman–Crippen LogP) is 9.84. The first-order valence-corrected chi connectivity index (χ1v) is 17.3. The Hall–Kier alpha value is -1.85. The minimum Gasteiger partial charge on any atom is -0.480 e. The second-order valence-corrected chi connectivity index (χ2v) is 11.8. The Morgan fingerprint density at radius 1 is 0.634 bits per heavy atom. The highest BCUT2D eigenvalue weighted by Crippen LogP contribution is 2.16. The van der Waals surface area contributed by atoms with Crippen LogP contribution in [0.4, 0.5) is 0 Å². The van der Waals surface area contributed by atoms with Crippen LogP contribution in [0.3, 0.4) is 0 Å². The zero-order chi connectivity index (χ0) is 30.2. The number of hydrogen-bond acceptors (Lipinski definition) is 4. The number of carboxylic acid groups (broad SMARTS) is 1. The molecule has 0 bridgehead atoms. The summed E-state index contributed by atoms with van der Waals surface area (Å²) in [6.45, 7) is 4.19. The molecule has 0 aromatic carbocycles. The highest BCUT2D eigenvalue weighted by atomic mass is 16.5. The van der Waals surface area contributed by atoms with Crippen molar-refractivity contribution in [3.63, 3.8) is 0 Å².